The molecule has 1 aromatic rings. The van der Waals surface area contributed by atoms with Gasteiger partial charge in [-0.25, -0.2) is 4.79 Å². The molecular weight excluding hydrogens is 284 g/mol. The van der Waals surface area contributed by atoms with Crippen molar-refractivity contribution >= 4 is 17.8 Å². The van der Waals surface area contributed by atoms with Crippen molar-refractivity contribution in [3.63, 3.8) is 0 Å². The van der Waals surface area contributed by atoms with Crippen LogP contribution in [-0.4, -0.2) is 29.4 Å². The van der Waals surface area contributed by atoms with E-state index in [0.29, 0.717) is 18.5 Å². The zero-order valence-electron chi connectivity index (χ0n) is 12.7. The van der Waals surface area contributed by atoms with Crippen LogP contribution < -0.4 is 10.6 Å². The van der Waals surface area contributed by atoms with Gasteiger partial charge in [0.1, 0.15) is 0 Å². The number of carbonyl (C=O) groups excluding carboxylic acids is 2. The Hall–Kier alpha value is -2.37. The molecule has 0 fully saturated rings. The molecule has 120 valence electrons. The van der Waals surface area contributed by atoms with Crippen LogP contribution in [0, 0.1) is 0 Å². The fourth-order valence-corrected chi connectivity index (χ4v) is 2.02. The van der Waals surface area contributed by atoms with E-state index in [-0.39, 0.29) is 18.2 Å². The molecule has 1 unspecified atom stereocenters. The normalized spacial score (nSPS) is 11.5. The van der Waals surface area contributed by atoms with Crippen molar-refractivity contribution in [2.45, 2.75) is 38.6 Å². The van der Waals surface area contributed by atoms with Gasteiger partial charge in [-0.05, 0) is 18.4 Å². The van der Waals surface area contributed by atoms with Gasteiger partial charge in [0, 0.05) is 19.9 Å². The monoisotopic (exact) mass is 306 g/mol. The largest absolute Gasteiger partial charge is 0.479 e. The van der Waals surface area contributed by atoms with Crippen molar-refractivity contribution in [2.24, 2.45) is 0 Å². The number of carbonyl (C=O) groups is 3. The summed E-state index contributed by atoms with van der Waals surface area (Å²) in [4.78, 5) is 33.8. The highest BCUT2D eigenvalue weighted by atomic mass is 16.4. The number of aliphatic carboxylic acids is 1. The second-order valence-electron chi connectivity index (χ2n) is 5.04. The third-order valence-corrected chi connectivity index (χ3v) is 3.14. The predicted octanol–water partition coefficient (Wildman–Crippen LogP) is 1.62. The smallest absolute Gasteiger partial charge is 0.330 e. The van der Waals surface area contributed by atoms with Crippen molar-refractivity contribution in [3.05, 3.63) is 35.9 Å². The lowest BCUT2D eigenvalue weighted by molar-refractivity contribution is -0.142. The lowest BCUT2D eigenvalue weighted by Gasteiger charge is -2.14. The lowest BCUT2D eigenvalue weighted by Crippen LogP contribution is -2.33. The van der Waals surface area contributed by atoms with E-state index < -0.39 is 12.0 Å². The zero-order valence-corrected chi connectivity index (χ0v) is 12.7. The highest BCUT2D eigenvalue weighted by Crippen LogP contribution is 2.13. The van der Waals surface area contributed by atoms with Gasteiger partial charge in [0.15, 0.2) is 6.04 Å². The van der Waals surface area contributed by atoms with E-state index in [1.54, 1.807) is 30.3 Å². The van der Waals surface area contributed by atoms with Gasteiger partial charge < -0.3 is 15.7 Å². The van der Waals surface area contributed by atoms with Crippen LogP contribution in [0.25, 0.3) is 0 Å². The number of carboxylic acids is 1. The molecule has 0 saturated carbocycles. The van der Waals surface area contributed by atoms with Crippen LogP contribution in [-0.2, 0) is 14.4 Å². The topological polar surface area (TPSA) is 95.5 Å². The van der Waals surface area contributed by atoms with Gasteiger partial charge in [-0.1, -0.05) is 36.8 Å². The van der Waals surface area contributed by atoms with Gasteiger partial charge in [0.25, 0.3) is 0 Å². The Labute approximate surface area is 129 Å². The molecule has 22 heavy (non-hydrogen) atoms. The third-order valence-electron chi connectivity index (χ3n) is 3.14. The Balaban J connectivity index is 2.33. The summed E-state index contributed by atoms with van der Waals surface area (Å²) in [5, 5.41) is 14.4. The first-order valence-corrected chi connectivity index (χ1v) is 7.32. The summed E-state index contributed by atoms with van der Waals surface area (Å²) in [6, 6.07) is 7.59. The van der Waals surface area contributed by atoms with Gasteiger partial charge in [-0.3, -0.25) is 9.59 Å². The summed E-state index contributed by atoms with van der Waals surface area (Å²) in [6.45, 7) is 2.06. The van der Waals surface area contributed by atoms with E-state index in [1.807, 2.05) is 0 Å². The van der Waals surface area contributed by atoms with Gasteiger partial charge in [-0.2, -0.15) is 0 Å². The SMILES string of the molecule is CC(=O)NCCCCCC(=O)NC(C(=O)O)c1ccccc1. The van der Waals surface area contributed by atoms with Crippen LogP contribution in [0.5, 0.6) is 0 Å². The highest BCUT2D eigenvalue weighted by Gasteiger charge is 2.21. The van der Waals surface area contributed by atoms with Crippen molar-refractivity contribution in [2.75, 3.05) is 6.54 Å². The van der Waals surface area contributed by atoms with E-state index in [2.05, 4.69) is 10.6 Å². The van der Waals surface area contributed by atoms with Crippen molar-refractivity contribution in [1.29, 1.82) is 0 Å². The lowest BCUT2D eigenvalue weighted by atomic mass is 10.1. The molecule has 3 N–H and O–H groups in total. The maximum atomic E-state index is 11.8. The van der Waals surface area contributed by atoms with Gasteiger partial charge >= 0.3 is 5.97 Å². The van der Waals surface area contributed by atoms with E-state index in [9.17, 15) is 19.5 Å². The number of amides is 2. The minimum atomic E-state index is -1.08. The highest BCUT2D eigenvalue weighted by molar-refractivity contribution is 5.84. The maximum absolute atomic E-state index is 11.8. The number of benzene rings is 1. The van der Waals surface area contributed by atoms with Crippen LogP contribution in [0.3, 0.4) is 0 Å². The average Bonchev–Trinajstić information content (AvgIpc) is 2.48. The molecular formula is C16H22N2O4. The first kappa shape index (κ1) is 17.7. The number of hydrogen-bond acceptors (Lipinski definition) is 3. The molecule has 0 saturated heterocycles. The molecule has 0 heterocycles. The quantitative estimate of drug-likeness (QED) is 0.604. The fourth-order valence-electron chi connectivity index (χ4n) is 2.02. The molecule has 0 aliphatic rings. The molecule has 0 aliphatic heterocycles. The predicted molar refractivity (Wildman–Crippen MR) is 82.1 cm³/mol. The molecule has 0 aliphatic carbocycles. The molecule has 2 amide bonds. The number of carboxylic acid groups (broad SMARTS) is 1. The van der Waals surface area contributed by atoms with Crippen molar-refractivity contribution < 1.29 is 19.5 Å². The van der Waals surface area contributed by atoms with E-state index in [0.717, 1.165) is 12.8 Å². The van der Waals surface area contributed by atoms with E-state index in [1.165, 1.54) is 6.92 Å². The molecule has 0 aromatic heterocycles. The van der Waals surface area contributed by atoms with Crippen LogP contribution in [0.15, 0.2) is 30.3 Å². The van der Waals surface area contributed by atoms with Gasteiger partial charge in [0.2, 0.25) is 11.8 Å². The molecule has 0 radical (unpaired) electrons. The Bertz CT molecular complexity index is 502. The molecule has 0 spiro atoms. The van der Waals surface area contributed by atoms with E-state index in [4.69, 9.17) is 0 Å². The minimum absolute atomic E-state index is 0.0649. The molecule has 1 aromatic carbocycles. The summed E-state index contributed by atoms with van der Waals surface area (Å²) in [6.07, 6.45) is 2.54. The number of hydrogen-bond donors (Lipinski definition) is 3. The summed E-state index contributed by atoms with van der Waals surface area (Å²) >= 11 is 0. The van der Waals surface area contributed by atoms with Crippen molar-refractivity contribution in [3.8, 4) is 0 Å². The van der Waals surface area contributed by atoms with E-state index >= 15 is 0 Å². The summed E-state index contributed by atoms with van der Waals surface area (Å²) < 4.78 is 0. The van der Waals surface area contributed by atoms with Gasteiger partial charge in [0.05, 0.1) is 0 Å². The average molecular weight is 306 g/mol. The Morgan fingerprint density at radius 1 is 1.09 bits per heavy atom. The Morgan fingerprint density at radius 3 is 2.36 bits per heavy atom. The van der Waals surface area contributed by atoms with Crippen LogP contribution in [0.4, 0.5) is 0 Å². The number of nitrogens with one attached hydrogen (secondary N) is 2. The van der Waals surface area contributed by atoms with Crippen LogP contribution in [0.2, 0.25) is 0 Å². The second-order valence-corrected chi connectivity index (χ2v) is 5.04. The zero-order chi connectivity index (χ0) is 16.4. The molecule has 1 rings (SSSR count). The van der Waals surface area contributed by atoms with Crippen LogP contribution >= 0.6 is 0 Å². The van der Waals surface area contributed by atoms with Crippen molar-refractivity contribution in [1.82, 2.24) is 10.6 Å². The number of rotatable bonds is 9. The summed E-state index contributed by atoms with van der Waals surface area (Å²) in [5.41, 5.74) is 0.550. The number of unbranched alkanes of at least 4 members (excludes halogenated alkanes) is 2. The minimum Gasteiger partial charge on any atom is -0.479 e. The third kappa shape index (κ3) is 6.88. The maximum Gasteiger partial charge on any atom is 0.330 e. The second kappa shape index (κ2) is 9.55. The standard InChI is InChI=1S/C16H22N2O4/c1-12(19)17-11-7-3-6-10-14(20)18-15(16(21)22)13-8-4-2-5-9-13/h2,4-5,8-9,15H,3,6-7,10-11H2,1H3,(H,17,19)(H,18,20)(H,21,22). The summed E-state index contributed by atoms with van der Waals surface area (Å²) in [7, 11) is 0. The fraction of sp³-hybridized carbons (Fsp3) is 0.438. The molecule has 0 bridgehead atoms. The first-order chi connectivity index (χ1) is 10.5. The summed E-state index contributed by atoms with van der Waals surface area (Å²) in [5.74, 6) is -1.43. The first-order valence-electron chi connectivity index (χ1n) is 7.32. The molecule has 6 heteroatoms. The molecule has 6 nitrogen and oxygen atoms in total. The Kier molecular flexibility index (Phi) is 7.67. The molecule has 1 atom stereocenters. The Morgan fingerprint density at radius 2 is 1.77 bits per heavy atom. The van der Waals surface area contributed by atoms with Crippen LogP contribution in [0.1, 0.15) is 44.2 Å². The van der Waals surface area contributed by atoms with Gasteiger partial charge in [-0.15, -0.1) is 0 Å².